The van der Waals surface area contributed by atoms with Crippen molar-refractivity contribution < 1.29 is 19.1 Å². The Balaban J connectivity index is 2.39. The van der Waals surface area contributed by atoms with Gasteiger partial charge in [0.1, 0.15) is 12.3 Å². The normalized spacial score (nSPS) is 9.90. The summed E-state index contributed by atoms with van der Waals surface area (Å²) in [4.78, 5) is 24.5. The van der Waals surface area contributed by atoms with Gasteiger partial charge in [-0.3, -0.25) is 9.59 Å². The zero-order valence-corrected chi connectivity index (χ0v) is 11.8. The number of ether oxygens (including phenoxy) is 2. The standard InChI is InChI=1S/C14H20N2O4/c1-3-16(10-14(18)19-2)13(17)7-8-20-12-6-4-5-11(15)9-12/h4-6,9H,3,7-8,10,15H2,1-2H3. The van der Waals surface area contributed by atoms with E-state index in [1.807, 2.05) is 0 Å². The number of likely N-dealkylation sites (N-methyl/N-ethyl adjacent to an activating group) is 1. The van der Waals surface area contributed by atoms with Crippen LogP contribution < -0.4 is 10.5 Å². The van der Waals surface area contributed by atoms with Crippen molar-refractivity contribution in [2.45, 2.75) is 13.3 Å². The van der Waals surface area contributed by atoms with Crippen molar-refractivity contribution in [3.63, 3.8) is 0 Å². The van der Waals surface area contributed by atoms with Crippen molar-refractivity contribution in [3.05, 3.63) is 24.3 Å². The molecule has 0 saturated heterocycles. The third kappa shape index (κ3) is 5.17. The molecule has 0 aliphatic carbocycles. The van der Waals surface area contributed by atoms with Crippen LogP contribution in [-0.2, 0) is 14.3 Å². The van der Waals surface area contributed by atoms with Crippen LogP contribution in [0.5, 0.6) is 5.75 Å². The molecular weight excluding hydrogens is 260 g/mol. The lowest BCUT2D eigenvalue weighted by molar-refractivity contribution is -0.147. The third-order valence-corrected chi connectivity index (χ3v) is 2.72. The Morgan fingerprint density at radius 2 is 2.10 bits per heavy atom. The second-order valence-electron chi connectivity index (χ2n) is 4.15. The van der Waals surface area contributed by atoms with Crippen molar-refractivity contribution in [2.75, 3.05) is 32.5 Å². The lowest BCUT2D eigenvalue weighted by atomic mass is 10.3. The van der Waals surface area contributed by atoms with Crippen LogP contribution in [0.25, 0.3) is 0 Å². The first-order valence-corrected chi connectivity index (χ1v) is 6.39. The van der Waals surface area contributed by atoms with E-state index < -0.39 is 5.97 Å². The van der Waals surface area contributed by atoms with Crippen LogP contribution in [0.4, 0.5) is 5.69 Å². The highest BCUT2D eigenvalue weighted by Gasteiger charge is 2.15. The van der Waals surface area contributed by atoms with Gasteiger partial charge >= 0.3 is 5.97 Å². The Kier molecular flexibility index (Phi) is 6.36. The van der Waals surface area contributed by atoms with Crippen molar-refractivity contribution in [2.24, 2.45) is 0 Å². The lowest BCUT2D eigenvalue weighted by Gasteiger charge is -2.19. The Hall–Kier alpha value is -2.24. The predicted octanol–water partition coefficient (Wildman–Crippen LogP) is 1.06. The number of nitrogens with two attached hydrogens (primary N) is 1. The van der Waals surface area contributed by atoms with Crippen LogP contribution in [0, 0.1) is 0 Å². The monoisotopic (exact) mass is 280 g/mol. The number of carbonyl (C=O) groups excluding carboxylic acids is 2. The second kappa shape index (κ2) is 8.04. The fraction of sp³-hybridized carbons (Fsp3) is 0.429. The molecule has 0 radical (unpaired) electrons. The number of hydrogen-bond donors (Lipinski definition) is 1. The van der Waals surface area contributed by atoms with E-state index in [0.717, 1.165) is 0 Å². The molecular formula is C14H20N2O4. The Labute approximate surface area is 118 Å². The van der Waals surface area contributed by atoms with Crippen LogP contribution in [0.3, 0.4) is 0 Å². The number of hydrogen-bond acceptors (Lipinski definition) is 5. The average molecular weight is 280 g/mol. The Morgan fingerprint density at radius 3 is 2.70 bits per heavy atom. The molecule has 0 aromatic heterocycles. The zero-order chi connectivity index (χ0) is 15.0. The number of carbonyl (C=O) groups is 2. The number of methoxy groups -OCH3 is 1. The van der Waals surface area contributed by atoms with Crippen molar-refractivity contribution in [3.8, 4) is 5.75 Å². The summed E-state index contributed by atoms with van der Waals surface area (Å²) in [6.07, 6.45) is 0.194. The van der Waals surface area contributed by atoms with Crippen LogP contribution in [0.15, 0.2) is 24.3 Å². The molecule has 2 N–H and O–H groups in total. The first kappa shape index (κ1) is 15.8. The molecule has 0 heterocycles. The summed E-state index contributed by atoms with van der Waals surface area (Å²) in [6.45, 7) is 2.45. The van der Waals surface area contributed by atoms with Gasteiger partial charge in [-0.2, -0.15) is 0 Å². The minimum absolute atomic E-state index is 0.0376. The van der Waals surface area contributed by atoms with Gasteiger partial charge in [0.15, 0.2) is 0 Å². The topological polar surface area (TPSA) is 81.9 Å². The predicted molar refractivity (Wildman–Crippen MR) is 75.2 cm³/mol. The van der Waals surface area contributed by atoms with Crippen LogP contribution in [0.2, 0.25) is 0 Å². The third-order valence-electron chi connectivity index (χ3n) is 2.72. The summed E-state index contributed by atoms with van der Waals surface area (Å²) < 4.78 is 9.98. The molecule has 110 valence electrons. The molecule has 1 rings (SSSR count). The largest absolute Gasteiger partial charge is 0.493 e. The molecule has 6 nitrogen and oxygen atoms in total. The fourth-order valence-corrected chi connectivity index (χ4v) is 1.62. The van der Waals surface area contributed by atoms with E-state index in [2.05, 4.69) is 4.74 Å². The van der Waals surface area contributed by atoms with Crippen molar-refractivity contribution in [1.82, 2.24) is 4.90 Å². The average Bonchev–Trinajstić information content (AvgIpc) is 2.44. The molecule has 0 saturated carbocycles. The second-order valence-corrected chi connectivity index (χ2v) is 4.15. The summed E-state index contributed by atoms with van der Waals surface area (Å²) in [5, 5.41) is 0. The maximum absolute atomic E-state index is 11.9. The smallest absolute Gasteiger partial charge is 0.325 e. The number of benzene rings is 1. The highest BCUT2D eigenvalue weighted by Crippen LogP contribution is 2.14. The molecule has 0 aliphatic rings. The van der Waals surface area contributed by atoms with E-state index in [0.29, 0.717) is 18.0 Å². The summed E-state index contributed by atoms with van der Waals surface area (Å²) >= 11 is 0. The number of amides is 1. The van der Waals surface area contributed by atoms with Crippen LogP contribution >= 0.6 is 0 Å². The van der Waals surface area contributed by atoms with E-state index in [9.17, 15) is 9.59 Å². The number of anilines is 1. The van der Waals surface area contributed by atoms with E-state index in [4.69, 9.17) is 10.5 Å². The number of esters is 1. The van der Waals surface area contributed by atoms with Gasteiger partial charge in [-0.15, -0.1) is 0 Å². The summed E-state index contributed by atoms with van der Waals surface area (Å²) in [7, 11) is 1.30. The molecule has 0 aliphatic heterocycles. The molecule has 1 aromatic carbocycles. The van der Waals surface area contributed by atoms with Gasteiger partial charge in [0.05, 0.1) is 20.1 Å². The molecule has 0 fully saturated rings. The number of nitrogens with zero attached hydrogens (tertiary/aromatic N) is 1. The van der Waals surface area contributed by atoms with Crippen molar-refractivity contribution >= 4 is 17.6 Å². The quantitative estimate of drug-likeness (QED) is 0.596. The first-order chi connectivity index (χ1) is 9.56. The van der Waals surface area contributed by atoms with Gasteiger partial charge in [-0.25, -0.2) is 0 Å². The molecule has 0 atom stereocenters. The maximum atomic E-state index is 11.9. The van der Waals surface area contributed by atoms with E-state index in [1.165, 1.54) is 12.0 Å². The van der Waals surface area contributed by atoms with Gasteiger partial charge in [-0.1, -0.05) is 6.07 Å². The van der Waals surface area contributed by atoms with Gasteiger partial charge in [0.25, 0.3) is 0 Å². The number of rotatable bonds is 7. The molecule has 0 bridgehead atoms. The number of nitrogen functional groups attached to an aromatic ring is 1. The maximum Gasteiger partial charge on any atom is 0.325 e. The Bertz CT molecular complexity index is 462. The van der Waals surface area contributed by atoms with Crippen LogP contribution in [-0.4, -0.2) is 43.6 Å². The molecule has 0 unspecified atom stereocenters. The zero-order valence-electron chi connectivity index (χ0n) is 11.8. The van der Waals surface area contributed by atoms with Gasteiger partial charge in [0.2, 0.25) is 5.91 Å². The van der Waals surface area contributed by atoms with E-state index in [1.54, 1.807) is 31.2 Å². The molecule has 6 heteroatoms. The van der Waals surface area contributed by atoms with Crippen LogP contribution in [0.1, 0.15) is 13.3 Å². The van der Waals surface area contributed by atoms with Gasteiger partial charge in [0, 0.05) is 18.3 Å². The molecule has 20 heavy (non-hydrogen) atoms. The lowest BCUT2D eigenvalue weighted by Crippen LogP contribution is -2.36. The fourth-order valence-electron chi connectivity index (χ4n) is 1.62. The molecule has 1 amide bonds. The van der Waals surface area contributed by atoms with Crippen molar-refractivity contribution in [1.29, 1.82) is 0 Å². The van der Waals surface area contributed by atoms with E-state index in [-0.39, 0.29) is 25.5 Å². The Morgan fingerprint density at radius 1 is 1.35 bits per heavy atom. The van der Waals surface area contributed by atoms with Gasteiger partial charge in [-0.05, 0) is 19.1 Å². The summed E-state index contributed by atoms with van der Waals surface area (Å²) in [5.74, 6) is 0.0348. The SMILES string of the molecule is CCN(CC(=O)OC)C(=O)CCOc1cccc(N)c1. The molecule has 1 aromatic rings. The minimum Gasteiger partial charge on any atom is -0.493 e. The van der Waals surface area contributed by atoms with E-state index >= 15 is 0 Å². The molecule has 0 spiro atoms. The summed E-state index contributed by atoms with van der Waals surface area (Å²) in [6, 6.07) is 7.00. The minimum atomic E-state index is -0.433. The van der Waals surface area contributed by atoms with Gasteiger partial charge < -0.3 is 20.1 Å². The highest BCUT2D eigenvalue weighted by atomic mass is 16.5. The highest BCUT2D eigenvalue weighted by molar-refractivity contribution is 5.82. The summed E-state index contributed by atoms with van der Waals surface area (Å²) in [5.41, 5.74) is 6.23. The first-order valence-electron chi connectivity index (χ1n) is 6.39.